The summed E-state index contributed by atoms with van der Waals surface area (Å²) in [4.78, 5) is 13.9. The predicted molar refractivity (Wildman–Crippen MR) is 62.4 cm³/mol. The molecule has 1 fully saturated rings. The molecular formula is C12H24N2O. The van der Waals surface area contributed by atoms with Crippen molar-refractivity contribution in [2.24, 2.45) is 11.3 Å². The van der Waals surface area contributed by atoms with E-state index < -0.39 is 0 Å². The molecule has 0 aromatic rings. The van der Waals surface area contributed by atoms with Crippen LogP contribution in [0.2, 0.25) is 0 Å². The van der Waals surface area contributed by atoms with Gasteiger partial charge in [-0.15, -0.1) is 0 Å². The highest BCUT2D eigenvalue weighted by molar-refractivity contribution is 5.83. The molecule has 1 rings (SSSR count). The molecule has 0 radical (unpaired) electrons. The van der Waals surface area contributed by atoms with Crippen LogP contribution in [0.3, 0.4) is 0 Å². The van der Waals surface area contributed by atoms with Gasteiger partial charge in [-0.25, -0.2) is 0 Å². The molecule has 1 saturated heterocycles. The summed E-state index contributed by atoms with van der Waals surface area (Å²) >= 11 is 0. The number of carbonyl (C=O) groups is 1. The molecular weight excluding hydrogens is 188 g/mol. The summed E-state index contributed by atoms with van der Waals surface area (Å²) in [5, 5.41) is 3.27. The molecule has 1 unspecified atom stereocenters. The third kappa shape index (κ3) is 3.49. The molecule has 1 atom stereocenters. The topological polar surface area (TPSA) is 32.3 Å². The SMILES string of the molecule is CC(C)C1NCN(CCC(C)(C)C)C1=O. The number of nitrogens with zero attached hydrogens (tertiary/aromatic N) is 1. The first-order valence-corrected chi connectivity index (χ1v) is 5.83. The van der Waals surface area contributed by atoms with Crippen molar-refractivity contribution < 1.29 is 4.79 Å². The molecule has 1 heterocycles. The fourth-order valence-electron chi connectivity index (χ4n) is 1.75. The van der Waals surface area contributed by atoms with Crippen LogP contribution in [0.25, 0.3) is 0 Å². The number of hydrogen-bond donors (Lipinski definition) is 1. The van der Waals surface area contributed by atoms with Gasteiger partial charge in [0.15, 0.2) is 0 Å². The van der Waals surface area contributed by atoms with Gasteiger partial charge in [-0.05, 0) is 17.8 Å². The van der Waals surface area contributed by atoms with E-state index in [1.165, 1.54) is 0 Å². The van der Waals surface area contributed by atoms with Crippen LogP contribution in [0.4, 0.5) is 0 Å². The summed E-state index contributed by atoms with van der Waals surface area (Å²) in [6.45, 7) is 12.4. The number of nitrogens with one attached hydrogen (secondary N) is 1. The Hall–Kier alpha value is -0.570. The lowest BCUT2D eigenvalue weighted by Gasteiger charge is -2.23. The van der Waals surface area contributed by atoms with Gasteiger partial charge in [0.2, 0.25) is 5.91 Å². The highest BCUT2D eigenvalue weighted by atomic mass is 16.2. The highest BCUT2D eigenvalue weighted by Gasteiger charge is 2.33. The third-order valence-electron chi connectivity index (χ3n) is 2.88. The van der Waals surface area contributed by atoms with E-state index in [2.05, 4.69) is 39.9 Å². The van der Waals surface area contributed by atoms with Crippen molar-refractivity contribution in [3.8, 4) is 0 Å². The average Bonchev–Trinajstić information content (AvgIpc) is 2.42. The molecule has 88 valence electrons. The lowest BCUT2D eigenvalue weighted by atomic mass is 9.92. The van der Waals surface area contributed by atoms with Crippen molar-refractivity contribution in [3.63, 3.8) is 0 Å². The van der Waals surface area contributed by atoms with Gasteiger partial charge in [0.05, 0.1) is 12.7 Å². The minimum absolute atomic E-state index is 0.0324. The van der Waals surface area contributed by atoms with Gasteiger partial charge >= 0.3 is 0 Å². The molecule has 3 nitrogen and oxygen atoms in total. The molecule has 0 bridgehead atoms. The van der Waals surface area contributed by atoms with Crippen molar-refractivity contribution in [1.82, 2.24) is 10.2 Å². The second-order valence-electron chi connectivity index (χ2n) is 6.00. The van der Waals surface area contributed by atoms with E-state index in [4.69, 9.17) is 0 Å². The van der Waals surface area contributed by atoms with E-state index >= 15 is 0 Å². The molecule has 1 aliphatic rings. The first-order valence-electron chi connectivity index (χ1n) is 5.83. The summed E-state index contributed by atoms with van der Waals surface area (Å²) in [6, 6.07) is 0.0324. The summed E-state index contributed by atoms with van der Waals surface area (Å²) in [6.07, 6.45) is 1.06. The van der Waals surface area contributed by atoms with E-state index in [0.717, 1.165) is 19.6 Å². The minimum atomic E-state index is 0.0324. The zero-order chi connectivity index (χ0) is 11.6. The Morgan fingerprint density at radius 1 is 1.47 bits per heavy atom. The van der Waals surface area contributed by atoms with Crippen molar-refractivity contribution in [1.29, 1.82) is 0 Å². The van der Waals surface area contributed by atoms with E-state index in [0.29, 0.717) is 11.3 Å². The van der Waals surface area contributed by atoms with Gasteiger partial charge in [0.25, 0.3) is 0 Å². The maximum atomic E-state index is 11.9. The standard InChI is InChI=1S/C12H24N2O/c1-9(2)10-11(15)14(8-13-10)7-6-12(3,4)5/h9-10,13H,6-8H2,1-5H3. The fourth-order valence-corrected chi connectivity index (χ4v) is 1.75. The second kappa shape index (κ2) is 4.52. The zero-order valence-corrected chi connectivity index (χ0v) is 10.6. The van der Waals surface area contributed by atoms with Crippen LogP contribution < -0.4 is 5.32 Å². The van der Waals surface area contributed by atoms with Crippen molar-refractivity contribution in [2.45, 2.75) is 47.1 Å². The molecule has 0 aromatic carbocycles. The lowest BCUT2D eigenvalue weighted by Crippen LogP contribution is -2.35. The molecule has 0 aliphatic carbocycles. The quantitative estimate of drug-likeness (QED) is 0.774. The minimum Gasteiger partial charge on any atom is -0.329 e. The summed E-state index contributed by atoms with van der Waals surface area (Å²) in [5.74, 6) is 0.659. The maximum Gasteiger partial charge on any atom is 0.241 e. The van der Waals surface area contributed by atoms with Crippen LogP contribution in [-0.4, -0.2) is 30.1 Å². The van der Waals surface area contributed by atoms with E-state index in [-0.39, 0.29) is 11.9 Å². The lowest BCUT2D eigenvalue weighted by molar-refractivity contribution is -0.129. The maximum absolute atomic E-state index is 11.9. The first kappa shape index (κ1) is 12.5. The summed E-state index contributed by atoms with van der Waals surface area (Å²) in [5.41, 5.74) is 0.302. The molecule has 0 aromatic heterocycles. The Kier molecular flexibility index (Phi) is 3.77. The van der Waals surface area contributed by atoms with Crippen molar-refractivity contribution >= 4 is 5.91 Å². The van der Waals surface area contributed by atoms with Crippen molar-refractivity contribution in [2.75, 3.05) is 13.2 Å². The molecule has 15 heavy (non-hydrogen) atoms. The Morgan fingerprint density at radius 2 is 2.07 bits per heavy atom. The van der Waals surface area contributed by atoms with Gasteiger partial charge in [0, 0.05) is 6.54 Å². The second-order valence-corrected chi connectivity index (χ2v) is 6.00. The smallest absolute Gasteiger partial charge is 0.241 e. The zero-order valence-electron chi connectivity index (χ0n) is 10.6. The predicted octanol–water partition coefficient (Wildman–Crippen LogP) is 1.84. The van der Waals surface area contributed by atoms with E-state index in [9.17, 15) is 4.79 Å². The monoisotopic (exact) mass is 212 g/mol. The fraction of sp³-hybridized carbons (Fsp3) is 0.917. The molecule has 0 saturated carbocycles. The van der Waals surface area contributed by atoms with Gasteiger partial charge in [-0.3, -0.25) is 10.1 Å². The molecule has 0 spiro atoms. The number of hydrogen-bond acceptors (Lipinski definition) is 2. The largest absolute Gasteiger partial charge is 0.329 e. The number of rotatable bonds is 3. The number of amides is 1. The van der Waals surface area contributed by atoms with E-state index in [1.807, 2.05) is 4.90 Å². The molecule has 1 aliphatic heterocycles. The van der Waals surface area contributed by atoms with Crippen LogP contribution >= 0.6 is 0 Å². The van der Waals surface area contributed by atoms with Gasteiger partial charge in [-0.2, -0.15) is 0 Å². The summed E-state index contributed by atoms with van der Waals surface area (Å²) in [7, 11) is 0. The van der Waals surface area contributed by atoms with Gasteiger partial charge in [0.1, 0.15) is 0 Å². The van der Waals surface area contributed by atoms with Crippen molar-refractivity contribution in [3.05, 3.63) is 0 Å². The van der Waals surface area contributed by atoms with Crippen LogP contribution in [0.5, 0.6) is 0 Å². The van der Waals surface area contributed by atoms with Gasteiger partial charge < -0.3 is 4.90 Å². The third-order valence-corrected chi connectivity index (χ3v) is 2.88. The number of carbonyl (C=O) groups excluding carboxylic acids is 1. The van der Waals surface area contributed by atoms with Crippen LogP contribution in [0.1, 0.15) is 41.0 Å². The Bertz CT molecular complexity index is 230. The highest BCUT2D eigenvalue weighted by Crippen LogP contribution is 2.20. The Labute approximate surface area is 93.2 Å². The molecule has 1 amide bonds. The molecule has 1 N–H and O–H groups in total. The van der Waals surface area contributed by atoms with Gasteiger partial charge in [-0.1, -0.05) is 34.6 Å². The Morgan fingerprint density at radius 3 is 2.47 bits per heavy atom. The molecule has 3 heteroatoms. The van der Waals surface area contributed by atoms with E-state index in [1.54, 1.807) is 0 Å². The normalized spacial score (nSPS) is 22.9. The van der Waals surface area contributed by atoms with Crippen LogP contribution in [0.15, 0.2) is 0 Å². The Balaban J connectivity index is 2.43. The van der Waals surface area contributed by atoms with Crippen LogP contribution in [0, 0.1) is 11.3 Å². The van der Waals surface area contributed by atoms with Crippen LogP contribution in [-0.2, 0) is 4.79 Å². The first-order chi connectivity index (χ1) is 6.81. The summed E-state index contributed by atoms with van der Waals surface area (Å²) < 4.78 is 0. The average molecular weight is 212 g/mol.